The Bertz CT molecular complexity index is 805. The van der Waals surface area contributed by atoms with Gasteiger partial charge in [-0.15, -0.1) is 0 Å². The molecule has 118 valence electrons. The average molecular weight is 314 g/mol. The summed E-state index contributed by atoms with van der Waals surface area (Å²) in [5, 5.41) is 7.95. The fourth-order valence-electron chi connectivity index (χ4n) is 2.25. The van der Waals surface area contributed by atoms with Gasteiger partial charge in [0.25, 0.3) is 11.5 Å². The van der Waals surface area contributed by atoms with Gasteiger partial charge in [0.15, 0.2) is 6.30 Å². The molecule has 0 spiro atoms. The van der Waals surface area contributed by atoms with Crippen LogP contribution in [-0.4, -0.2) is 23.7 Å². The maximum atomic E-state index is 13.2. The first kappa shape index (κ1) is 14.8. The third-order valence-electron chi connectivity index (χ3n) is 3.41. The Kier molecular flexibility index (Phi) is 4.09. The molecule has 1 amide bonds. The highest BCUT2D eigenvalue weighted by Gasteiger charge is 2.15. The van der Waals surface area contributed by atoms with E-state index in [0.29, 0.717) is 6.54 Å². The lowest BCUT2D eigenvalue weighted by molar-refractivity contribution is -0.112. The lowest BCUT2D eigenvalue weighted by Gasteiger charge is -2.13. The van der Waals surface area contributed by atoms with Crippen LogP contribution in [0.3, 0.4) is 0 Å². The molecular weight excluding hydrogens is 299 g/mol. The van der Waals surface area contributed by atoms with Crippen LogP contribution in [0, 0.1) is 0 Å². The molecule has 0 radical (unpaired) electrons. The summed E-state index contributed by atoms with van der Waals surface area (Å²) >= 11 is 0. The molecule has 7 heteroatoms. The number of nitrogens with one attached hydrogen (secondary N) is 4. The molecule has 1 aromatic heterocycles. The van der Waals surface area contributed by atoms with Crippen molar-refractivity contribution in [2.75, 3.05) is 11.9 Å². The minimum absolute atomic E-state index is 0.114. The Morgan fingerprint density at radius 2 is 2.17 bits per heavy atom. The summed E-state index contributed by atoms with van der Waals surface area (Å²) in [7, 11) is 0. The predicted octanol–water partition coefficient (Wildman–Crippen LogP) is 1.15. The van der Waals surface area contributed by atoms with Gasteiger partial charge in [0.1, 0.15) is 5.69 Å². The first-order chi connectivity index (χ1) is 11.1. The number of carbonyl (C=O) groups excluding carboxylic acids is 1. The quantitative estimate of drug-likeness (QED) is 0.631. The molecule has 0 bridgehead atoms. The monoisotopic (exact) mass is 314 g/mol. The van der Waals surface area contributed by atoms with E-state index < -0.39 is 17.8 Å². The van der Waals surface area contributed by atoms with E-state index in [1.165, 1.54) is 12.3 Å². The van der Waals surface area contributed by atoms with Crippen LogP contribution < -0.4 is 21.5 Å². The predicted molar refractivity (Wildman–Crippen MR) is 86.1 cm³/mol. The van der Waals surface area contributed by atoms with E-state index in [1.807, 2.05) is 18.4 Å². The summed E-state index contributed by atoms with van der Waals surface area (Å²) in [5.41, 5.74) is 1.55. The van der Waals surface area contributed by atoms with Gasteiger partial charge in [-0.3, -0.25) is 9.59 Å². The van der Waals surface area contributed by atoms with Gasteiger partial charge in [-0.05, 0) is 47.8 Å². The van der Waals surface area contributed by atoms with Crippen molar-refractivity contribution in [2.24, 2.45) is 0 Å². The van der Waals surface area contributed by atoms with Crippen LogP contribution in [0.15, 0.2) is 59.3 Å². The van der Waals surface area contributed by atoms with Gasteiger partial charge in [-0.25, -0.2) is 4.39 Å². The number of anilines is 1. The largest absolute Gasteiger partial charge is 0.387 e. The third-order valence-corrected chi connectivity index (χ3v) is 3.41. The van der Waals surface area contributed by atoms with E-state index >= 15 is 0 Å². The van der Waals surface area contributed by atoms with Gasteiger partial charge in [-0.1, -0.05) is 6.08 Å². The van der Waals surface area contributed by atoms with E-state index in [-0.39, 0.29) is 11.3 Å². The van der Waals surface area contributed by atoms with Crippen LogP contribution in [0.25, 0.3) is 5.57 Å². The highest BCUT2D eigenvalue weighted by atomic mass is 19.1. The zero-order chi connectivity index (χ0) is 16.2. The number of rotatable bonds is 3. The summed E-state index contributed by atoms with van der Waals surface area (Å²) in [4.78, 5) is 26.6. The molecule has 0 saturated heterocycles. The van der Waals surface area contributed by atoms with Crippen LogP contribution in [0.2, 0.25) is 0 Å². The molecule has 0 saturated carbocycles. The summed E-state index contributed by atoms with van der Waals surface area (Å²) in [6, 6.07) is 1.59. The van der Waals surface area contributed by atoms with E-state index in [4.69, 9.17) is 0 Å². The van der Waals surface area contributed by atoms with Crippen molar-refractivity contribution in [1.82, 2.24) is 15.6 Å². The molecule has 0 fully saturated rings. The van der Waals surface area contributed by atoms with Crippen molar-refractivity contribution in [3.8, 4) is 0 Å². The first-order valence-electron chi connectivity index (χ1n) is 7.06. The fraction of sp³-hybridized carbons (Fsp3) is 0.125. The molecule has 1 atom stereocenters. The maximum absolute atomic E-state index is 13.2. The van der Waals surface area contributed by atoms with Gasteiger partial charge in [0.2, 0.25) is 0 Å². The van der Waals surface area contributed by atoms with E-state index in [0.717, 1.165) is 17.2 Å². The van der Waals surface area contributed by atoms with Crippen LogP contribution >= 0.6 is 0 Å². The number of dihydropyridines is 2. The SMILES string of the molecule is O=C(Nc1cc(C2=CCNC=C2)c[nH]c1=O)C1=CC(F)NC=C1. The van der Waals surface area contributed by atoms with Gasteiger partial charge in [-0.2, -0.15) is 0 Å². The number of carbonyl (C=O) groups is 1. The van der Waals surface area contributed by atoms with E-state index in [1.54, 1.807) is 12.3 Å². The van der Waals surface area contributed by atoms with Crippen molar-refractivity contribution in [2.45, 2.75) is 6.30 Å². The van der Waals surface area contributed by atoms with Crippen LogP contribution in [0.5, 0.6) is 0 Å². The first-order valence-corrected chi connectivity index (χ1v) is 7.06. The van der Waals surface area contributed by atoms with Gasteiger partial charge in [0.05, 0.1) is 0 Å². The maximum Gasteiger partial charge on any atom is 0.271 e. The van der Waals surface area contributed by atoms with Gasteiger partial charge in [0, 0.05) is 18.3 Å². The fourth-order valence-corrected chi connectivity index (χ4v) is 2.25. The number of allylic oxidation sites excluding steroid dienone is 2. The number of hydrogen-bond donors (Lipinski definition) is 4. The lowest BCUT2D eigenvalue weighted by atomic mass is 10.1. The molecule has 3 heterocycles. The van der Waals surface area contributed by atoms with Crippen molar-refractivity contribution >= 4 is 17.2 Å². The molecule has 1 unspecified atom stereocenters. The molecule has 1 aromatic rings. The van der Waals surface area contributed by atoms with Gasteiger partial charge < -0.3 is 20.9 Å². The zero-order valence-corrected chi connectivity index (χ0v) is 12.1. The molecule has 3 rings (SSSR count). The molecule has 0 aromatic carbocycles. The second kappa shape index (κ2) is 6.35. The highest BCUT2D eigenvalue weighted by Crippen LogP contribution is 2.18. The van der Waals surface area contributed by atoms with Crippen molar-refractivity contribution < 1.29 is 9.18 Å². The highest BCUT2D eigenvalue weighted by molar-refractivity contribution is 6.06. The average Bonchev–Trinajstić information content (AvgIpc) is 2.57. The number of aromatic amines is 1. The Labute approximate surface area is 131 Å². The topological polar surface area (TPSA) is 86.0 Å². The molecule has 6 nitrogen and oxygen atoms in total. The molecule has 0 aliphatic carbocycles. The van der Waals surface area contributed by atoms with Crippen molar-refractivity contribution in [1.29, 1.82) is 0 Å². The van der Waals surface area contributed by atoms with E-state index in [2.05, 4.69) is 20.9 Å². The van der Waals surface area contributed by atoms with E-state index in [9.17, 15) is 14.0 Å². The molecular formula is C16H15FN4O2. The number of amides is 1. The summed E-state index contributed by atoms with van der Waals surface area (Å²) < 4.78 is 13.2. The smallest absolute Gasteiger partial charge is 0.271 e. The number of pyridine rings is 1. The number of hydrogen-bond acceptors (Lipinski definition) is 4. The normalized spacial score (nSPS) is 19.3. The standard InChI is InChI=1S/C16H15FN4O2/c17-14-8-11(3-6-19-14)15(22)21-13-7-12(9-20-16(13)23)10-1-4-18-5-2-10/h1-4,6-9,14,18-19H,5H2,(H,20,23)(H,21,22). The number of aromatic nitrogens is 1. The number of halogens is 1. The number of H-pyrrole nitrogens is 1. The Morgan fingerprint density at radius 3 is 2.91 bits per heavy atom. The van der Waals surface area contributed by atoms with Crippen molar-refractivity contribution in [3.63, 3.8) is 0 Å². The summed E-state index contributed by atoms with van der Waals surface area (Å²) in [5.74, 6) is -0.539. The Balaban J connectivity index is 1.84. The Morgan fingerprint density at radius 1 is 1.30 bits per heavy atom. The third kappa shape index (κ3) is 3.39. The summed E-state index contributed by atoms with van der Waals surface area (Å²) in [6.45, 7) is 0.690. The van der Waals surface area contributed by atoms with Crippen LogP contribution in [-0.2, 0) is 4.79 Å². The molecule has 2 aliphatic rings. The molecule has 4 N–H and O–H groups in total. The second-order valence-electron chi connectivity index (χ2n) is 5.01. The summed E-state index contributed by atoms with van der Waals surface area (Å²) in [6.07, 6.45) is 9.75. The minimum Gasteiger partial charge on any atom is -0.387 e. The minimum atomic E-state index is -1.42. The van der Waals surface area contributed by atoms with Gasteiger partial charge >= 0.3 is 0 Å². The zero-order valence-electron chi connectivity index (χ0n) is 12.1. The lowest BCUT2D eigenvalue weighted by Crippen LogP contribution is -2.26. The molecule has 23 heavy (non-hydrogen) atoms. The number of alkyl halides is 1. The Hall–Kier alpha value is -3.09. The molecule has 2 aliphatic heterocycles. The van der Waals surface area contributed by atoms with Crippen LogP contribution in [0.4, 0.5) is 10.1 Å². The second-order valence-corrected chi connectivity index (χ2v) is 5.01. The van der Waals surface area contributed by atoms with Crippen molar-refractivity contribution in [3.05, 3.63) is 70.5 Å². The van der Waals surface area contributed by atoms with Crippen LogP contribution in [0.1, 0.15) is 5.56 Å².